The van der Waals surface area contributed by atoms with Crippen LogP contribution in [-0.2, 0) is 40.5 Å². The second-order valence-corrected chi connectivity index (χ2v) is 19.6. The number of phenolic OH excluding ortho intramolecular Hbond substituents is 1. The van der Waals surface area contributed by atoms with Crippen molar-refractivity contribution in [3.63, 3.8) is 0 Å². The molecule has 0 aliphatic carbocycles. The van der Waals surface area contributed by atoms with Gasteiger partial charge in [-0.2, -0.15) is 48.6 Å². The number of azo groups is 1. The number of hydrogen-bond acceptors (Lipinski definition) is 20. The van der Waals surface area contributed by atoms with E-state index in [-0.39, 0.29) is 45.9 Å². The smallest absolute Gasteiger partial charge is 0.488 e. The van der Waals surface area contributed by atoms with Gasteiger partial charge in [0.15, 0.2) is 5.75 Å². The van der Waals surface area contributed by atoms with E-state index in [1.54, 1.807) is 6.07 Å². The van der Waals surface area contributed by atoms with Crippen LogP contribution in [0.5, 0.6) is 5.75 Å². The lowest BCUT2D eigenvalue weighted by atomic mass is 9.80. The summed E-state index contributed by atoms with van der Waals surface area (Å²) in [5.74, 6) is -2.76. The third-order valence-electron chi connectivity index (χ3n) is 9.22. The Bertz CT molecular complexity index is 3650. The van der Waals surface area contributed by atoms with Gasteiger partial charge < -0.3 is 36.4 Å². The molecule has 0 unspecified atom stereocenters. The van der Waals surface area contributed by atoms with Crippen molar-refractivity contribution in [3.8, 4) is 5.75 Å². The summed E-state index contributed by atoms with van der Waals surface area (Å²) in [6.07, 6.45) is 0. The van der Waals surface area contributed by atoms with Crippen LogP contribution in [0.1, 0.15) is 10.4 Å². The van der Waals surface area contributed by atoms with Gasteiger partial charge >= 0.3 is 7.12 Å². The zero-order valence-corrected chi connectivity index (χ0v) is 37.0. The molecular formula is C38H30BN9O16S4. The minimum absolute atomic E-state index is 0.0388. The fourth-order valence-electron chi connectivity index (χ4n) is 6.20. The monoisotopic (exact) mass is 1010 g/mol. The maximum absolute atomic E-state index is 13.2. The number of carbonyl (C=O) groups excluding carboxylic acids is 1. The molecule has 0 aliphatic rings. The Balaban J connectivity index is 1.32. The largest absolute Gasteiger partial charge is 0.505 e. The molecule has 0 spiro atoms. The molecule has 0 bridgehead atoms. The van der Waals surface area contributed by atoms with E-state index in [9.17, 15) is 71.8 Å². The number of amides is 1. The van der Waals surface area contributed by atoms with Crippen molar-refractivity contribution in [1.82, 2.24) is 15.0 Å². The van der Waals surface area contributed by atoms with E-state index in [0.29, 0.717) is 12.1 Å². The molecule has 1 amide bonds. The molecule has 0 saturated heterocycles. The van der Waals surface area contributed by atoms with E-state index in [1.807, 2.05) is 0 Å². The van der Waals surface area contributed by atoms with Crippen LogP contribution >= 0.6 is 0 Å². The number of fused-ring (bicyclic) bond motifs is 1. The number of phenols is 1. The molecule has 7 aromatic rings. The Morgan fingerprint density at radius 2 is 1.10 bits per heavy atom. The SMILES string of the molecule is O=C(Nc1cc(S(=O)(=O)O)cc2cc(S(=O)(=O)O)c(N=Nc3cc(Nc4nc(Nc5ccc(S(=O)(=O)O)cc5)nc(Nc5cccc(B(O)O)c5)n4)ccc3S(=O)(=O)O)c(O)c12)c1ccccc1. The van der Waals surface area contributed by atoms with Gasteiger partial charge in [0.05, 0.1) is 15.5 Å². The lowest BCUT2D eigenvalue weighted by molar-refractivity contribution is 0.102. The van der Waals surface area contributed by atoms with Gasteiger partial charge in [0.1, 0.15) is 21.2 Å². The molecule has 11 N–H and O–H groups in total. The van der Waals surface area contributed by atoms with Crippen LogP contribution < -0.4 is 26.7 Å². The Morgan fingerprint density at radius 3 is 1.66 bits per heavy atom. The Morgan fingerprint density at radius 1 is 0.544 bits per heavy atom. The predicted molar refractivity (Wildman–Crippen MR) is 242 cm³/mol. The third-order valence-corrected chi connectivity index (χ3v) is 12.7. The zero-order valence-electron chi connectivity index (χ0n) is 33.7. The van der Waals surface area contributed by atoms with E-state index >= 15 is 0 Å². The van der Waals surface area contributed by atoms with Gasteiger partial charge in [-0.1, -0.05) is 30.3 Å². The van der Waals surface area contributed by atoms with Crippen molar-refractivity contribution in [3.05, 3.63) is 121 Å². The van der Waals surface area contributed by atoms with Gasteiger partial charge in [0, 0.05) is 28.0 Å². The van der Waals surface area contributed by atoms with E-state index in [1.165, 1.54) is 60.7 Å². The molecule has 0 radical (unpaired) electrons. The number of aromatic nitrogens is 3. The van der Waals surface area contributed by atoms with Crippen LogP contribution in [0.3, 0.4) is 0 Å². The minimum atomic E-state index is -5.43. The van der Waals surface area contributed by atoms with Crippen molar-refractivity contribution in [1.29, 1.82) is 0 Å². The Hall–Kier alpha value is -7.52. The third kappa shape index (κ3) is 11.4. The highest BCUT2D eigenvalue weighted by atomic mass is 32.2. The van der Waals surface area contributed by atoms with Gasteiger partial charge in [-0.3, -0.25) is 23.0 Å². The van der Waals surface area contributed by atoms with E-state index < -0.39 is 107 Å². The number of benzene rings is 6. The summed E-state index contributed by atoms with van der Waals surface area (Å²) in [6, 6.07) is 22.8. The highest BCUT2D eigenvalue weighted by Gasteiger charge is 2.27. The minimum Gasteiger partial charge on any atom is -0.505 e. The first-order valence-corrected chi connectivity index (χ1v) is 24.4. The number of nitrogens with zero attached hydrogens (tertiary/aromatic N) is 5. The summed E-state index contributed by atoms with van der Waals surface area (Å²) < 4.78 is 138. The molecule has 68 heavy (non-hydrogen) atoms. The van der Waals surface area contributed by atoms with E-state index in [0.717, 1.165) is 36.4 Å². The average molecular weight is 1010 g/mol. The topological polar surface area (TPSA) is 407 Å². The summed E-state index contributed by atoms with van der Waals surface area (Å²) in [6.45, 7) is 0. The van der Waals surface area contributed by atoms with Gasteiger partial charge in [0.25, 0.3) is 46.4 Å². The first kappa shape index (κ1) is 48.4. The van der Waals surface area contributed by atoms with Gasteiger partial charge in [-0.05, 0) is 95.8 Å². The molecule has 1 heterocycles. The number of carbonyl (C=O) groups is 1. The number of aromatic hydroxyl groups is 1. The highest BCUT2D eigenvalue weighted by Crippen LogP contribution is 2.46. The fourth-order valence-corrected chi connectivity index (χ4v) is 8.48. The normalized spacial score (nSPS) is 12.2. The van der Waals surface area contributed by atoms with Gasteiger partial charge in [-0.15, -0.1) is 10.2 Å². The lowest BCUT2D eigenvalue weighted by Crippen LogP contribution is -2.29. The van der Waals surface area contributed by atoms with Crippen LogP contribution in [0.2, 0.25) is 0 Å². The maximum Gasteiger partial charge on any atom is 0.488 e. The molecule has 7 rings (SSSR count). The molecule has 25 nitrogen and oxygen atoms in total. The Labute approximate surface area is 384 Å². The molecule has 30 heteroatoms. The summed E-state index contributed by atoms with van der Waals surface area (Å²) in [5, 5.41) is 48.2. The predicted octanol–water partition coefficient (Wildman–Crippen LogP) is 4.30. The van der Waals surface area contributed by atoms with Crippen LogP contribution in [0.4, 0.5) is 52.0 Å². The van der Waals surface area contributed by atoms with Gasteiger partial charge in [0.2, 0.25) is 17.8 Å². The number of nitrogens with one attached hydrogen (secondary N) is 4. The second-order valence-electron chi connectivity index (χ2n) is 13.9. The first-order chi connectivity index (χ1) is 31.8. The van der Waals surface area contributed by atoms with Crippen LogP contribution in [0.25, 0.3) is 10.8 Å². The summed E-state index contributed by atoms with van der Waals surface area (Å²) in [7, 11) is -22.0. The van der Waals surface area contributed by atoms with E-state index in [2.05, 4.69) is 46.4 Å². The molecule has 0 atom stereocenters. The number of hydrogen-bond donors (Lipinski definition) is 11. The van der Waals surface area contributed by atoms with Crippen LogP contribution in [-0.4, -0.2) is 95.0 Å². The van der Waals surface area contributed by atoms with Crippen LogP contribution in [0.15, 0.2) is 145 Å². The zero-order chi connectivity index (χ0) is 49.3. The fraction of sp³-hybridized carbons (Fsp3) is 0. The number of rotatable bonds is 15. The first-order valence-electron chi connectivity index (χ1n) is 18.6. The molecule has 1 aromatic heterocycles. The molecular weight excluding hydrogens is 978 g/mol. The summed E-state index contributed by atoms with van der Waals surface area (Å²) in [5.41, 5.74) is -1.88. The average Bonchev–Trinajstić information content (AvgIpc) is 3.25. The highest BCUT2D eigenvalue weighted by molar-refractivity contribution is 7.86. The molecule has 0 fully saturated rings. The van der Waals surface area contributed by atoms with Crippen molar-refractivity contribution >= 4 is 122 Å². The quantitative estimate of drug-likeness (QED) is 0.0387. The maximum atomic E-state index is 13.2. The number of anilines is 7. The molecule has 0 saturated carbocycles. The summed E-state index contributed by atoms with van der Waals surface area (Å²) >= 11 is 0. The van der Waals surface area contributed by atoms with Crippen molar-refractivity contribution in [2.24, 2.45) is 10.2 Å². The Kier molecular flexibility index (Phi) is 13.3. The molecule has 0 aliphatic heterocycles. The lowest BCUT2D eigenvalue weighted by Gasteiger charge is -2.15. The summed E-state index contributed by atoms with van der Waals surface area (Å²) in [4.78, 5) is 22.5. The standard InChI is InChI=1S/C38H30BN9O16S4/c49-34-32-21(15-27(66(56,57)58)19-29(32)43-35(50)20-5-2-1-3-6-20)16-31(68(62,63)64)33(34)48-47-28-18-25(11-14-30(28)67(59,60)61)42-38-45-36(40-23-9-12-26(13-10-23)65(53,54)55)44-37(46-38)41-24-8-4-7-22(17-24)39(51)52/h1-19,49,51-52H,(H,43,50)(H,53,54,55)(H,56,57,58)(H,59,60,61)(H,62,63,64)(H3,40,41,42,44,45,46). The van der Waals surface area contributed by atoms with E-state index in [4.69, 9.17) is 0 Å². The van der Waals surface area contributed by atoms with Crippen LogP contribution in [0, 0.1) is 0 Å². The molecule has 350 valence electrons. The van der Waals surface area contributed by atoms with Crippen molar-refractivity contribution in [2.75, 3.05) is 21.3 Å². The van der Waals surface area contributed by atoms with Crippen molar-refractivity contribution < 1.29 is 71.8 Å². The van der Waals surface area contributed by atoms with Gasteiger partial charge in [-0.25, -0.2) is 0 Å². The molecule has 6 aromatic carbocycles. The second kappa shape index (κ2) is 18.6. The van der Waals surface area contributed by atoms with Crippen molar-refractivity contribution in [2.45, 2.75) is 19.6 Å².